The molecule has 0 radical (unpaired) electrons. The largest absolute Gasteiger partial charge is 0.464 e. The van der Waals surface area contributed by atoms with E-state index in [0.717, 1.165) is 5.57 Å². The molecule has 1 aliphatic rings. The zero-order valence-electron chi connectivity index (χ0n) is 12.5. The number of dihydropyridines is 1. The predicted octanol–water partition coefficient (Wildman–Crippen LogP) is 2.81. The van der Waals surface area contributed by atoms with Crippen molar-refractivity contribution in [3.05, 3.63) is 57.8 Å². The number of hydrogen-bond acceptors (Lipinski definition) is 5. The molecule has 0 saturated carbocycles. The van der Waals surface area contributed by atoms with Crippen LogP contribution in [-0.4, -0.2) is 23.5 Å². The van der Waals surface area contributed by atoms with Crippen LogP contribution in [0.15, 0.2) is 42.1 Å². The summed E-state index contributed by atoms with van der Waals surface area (Å²) in [4.78, 5) is 22.7. The molecule has 2 rings (SSSR count). The lowest BCUT2D eigenvalue weighted by atomic mass is 9.91. The molecule has 116 valence electrons. The Morgan fingerprint density at radius 2 is 2.09 bits per heavy atom. The molecule has 22 heavy (non-hydrogen) atoms. The maximum atomic E-state index is 11.9. The van der Waals surface area contributed by atoms with Gasteiger partial charge in [-0.05, 0) is 36.6 Å². The van der Waals surface area contributed by atoms with Gasteiger partial charge in [-0.25, -0.2) is 4.79 Å². The van der Waals surface area contributed by atoms with Crippen LogP contribution in [0.2, 0.25) is 0 Å². The first-order valence-corrected chi connectivity index (χ1v) is 7.16. The van der Waals surface area contributed by atoms with Crippen LogP contribution in [0.5, 0.6) is 0 Å². The van der Waals surface area contributed by atoms with E-state index in [0.29, 0.717) is 17.6 Å². The van der Waals surface area contributed by atoms with Gasteiger partial charge < -0.3 is 10.1 Å². The van der Waals surface area contributed by atoms with Crippen molar-refractivity contribution in [1.82, 2.24) is 5.32 Å². The number of nitro benzene ring substituents is 1. The number of ether oxygens (including phenoxy) is 1. The molecule has 0 amide bonds. The molecular formula is C16H18N2O4. The second-order valence-corrected chi connectivity index (χ2v) is 4.77. The SMILES string of the molecule is CCOC(=O)C1C=C(c2ccccc2[N+](=O)[O-])C(CC)=CN1. The number of carbonyl (C=O) groups excluding carboxylic acids is 1. The molecule has 6 nitrogen and oxygen atoms in total. The van der Waals surface area contributed by atoms with Gasteiger partial charge in [-0.15, -0.1) is 0 Å². The minimum Gasteiger partial charge on any atom is -0.464 e. The number of hydrogen-bond donors (Lipinski definition) is 1. The Labute approximate surface area is 128 Å². The average molecular weight is 302 g/mol. The molecule has 1 aromatic rings. The monoisotopic (exact) mass is 302 g/mol. The number of rotatable bonds is 5. The Balaban J connectivity index is 2.46. The van der Waals surface area contributed by atoms with E-state index in [1.165, 1.54) is 6.07 Å². The van der Waals surface area contributed by atoms with Crippen LogP contribution < -0.4 is 5.32 Å². The average Bonchev–Trinajstić information content (AvgIpc) is 2.54. The molecule has 1 atom stereocenters. The molecule has 1 aromatic carbocycles. The molecule has 1 unspecified atom stereocenters. The fourth-order valence-corrected chi connectivity index (χ4v) is 2.37. The lowest BCUT2D eigenvalue weighted by Crippen LogP contribution is -2.35. The predicted molar refractivity (Wildman–Crippen MR) is 83.0 cm³/mol. The van der Waals surface area contributed by atoms with Crippen molar-refractivity contribution < 1.29 is 14.5 Å². The highest BCUT2D eigenvalue weighted by atomic mass is 16.6. The summed E-state index contributed by atoms with van der Waals surface area (Å²) in [5.74, 6) is -0.398. The third kappa shape index (κ3) is 3.16. The van der Waals surface area contributed by atoms with Crippen LogP contribution in [0.1, 0.15) is 25.8 Å². The molecule has 1 N–H and O–H groups in total. The van der Waals surface area contributed by atoms with Gasteiger partial charge in [0.25, 0.3) is 5.69 Å². The molecule has 0 aliphatic carbocycles. The highest BCUT2D eigenvalue weighted by Crippen LogP contribution is 2.33. The number of para-hydroxylation sites is 1. The Morgan fingerprint density at radius 3 is 2.73 bits per heavy atom. The number of nitro groups is 1. The molecule has 0 saturated heterocycles. The topological polar surface area (TPSA) is 81.5 Å². The van der Waals surface area contributed by atoms with Gasteiger partial charge in [0, 0.05) is 12.3 Å². The first-order chi connectivity index (χ1) is 10.6. The number of carbonyl (C=O) groups is 1. The van der Waals surface area contributed by atoms with Crippen molar-refractivity contribution in [3.63, 3.8) is 0 Å². The molecule has 1 heterocycles. The van der Waals surface area contributed by atoms with Gasteiger partial charge in [-0.1, -0.05) is 19.1 Å². The van der Waals surface area contributed by atoms with E-state index in [2.05, 4.69) is 5.32 Å². The highest BCUT2D eigenvalue weighted by molar-refractivity contribution is 5.90. The quantitative estimate of drug-likeness (QED) is 0.514. The fourth-order valence-electron chi connectivity index (χ4n) is 2.37. The molecule has 0 aromatic heterocycles. The lowest BCUT2D eigenvalue weighted by molar-refractivity contribution is -0.385. The molecule has 1 aliphatic heterocycles. The summed E-state index contributed by atoms with van der Waals surface area (Å²) in [6, 6.07) is 5.90. The standard InChI is InChI=1S/C16H18N2O4/c1-3-11-10-17-14(16(19)22-4-2)9-13(11)12-7-5-6-8-15(12)18(20)21/h5-10,14,17H,3-4H2,1-2H3. The van der Waals surface area contributed by atoms with Gasteiger partial charge in [0.15, 0.2) is 0 Å². The number of nitrogens with zero attached hydrogens (tertiary/aromatic N) is 1. The molecule has 6 heteroatoms. The maximum Gasteiger partial charge on any atom is 0.332 e. The van der Waals surface area contributed by atoms with E-state index < -0.39 is 16.9 Å². The van der Waals surface area contributed by atoms with Crippen LogP contribution in [0, 0.1) is 10.1 Å². The normalized spacial score (nSPS) is 17.1. The van der Waals surface area contributed by atoms with Crippen molar-refractivity contribution in [1.29, 1.82) is 0 Å². The molecule has 0 fully saturated rings. The summed E-state index contributed by atoms with van der Waals surface area (Å²) >= 11 is 0. The van der Waals surface area contributed by atoms with Crippen molar-refractivity contribution in [2.75, 3.05) is 6.61 Å². The zero-order valence-corrected chi connectivity index (χ0v) is 12.5. The molecular weight excluding hydrogens is 284 g/mol. The zero-order chi connectivity index (χ0) is 16.1. The van der Waals surface area contributed by atoms with Crippen molar-refractivity contribution in [2.24, 2.45) is 0 Å². The summed E-state index contributed by atoms with van der Waals surface area (Å²) in [5, 5.41) is 14.2. The second kappa shape index (κ2) is 6.89. The van der Waals surface area contributed by atoms with Gasteiger partial charge in [0.2, 0.25) is 0 Å². The third-order valence-corrected chi connectivity index (χ3v) is 3.43. The van der Waals surface area contributed by atoms with Crippen molar-refractivity contribution in [2.45, 2.75) is 26.3 Å². The summed E-state index contributed by atoms with van der Waals surface area (Å²) < 4.78 is 5.00. The lowest BCUT2D eigenvalue weighted by Gasteiger charge is -2.22. The summed E-state index contributed by atoms with van der Waals surface area (Å²) in [5.41, 5.74) is 2.15. The van der Waals surface area contributed by atoms with Gasteiger partial charge in [-0.3, -0.25) is 10.1 Å². The van der Waals surface area contributed by atoms with E-state index in [-0.39, 0.29) is 12.3 Å². The number of esters is 1. The Bertz CT molecular complexity index is 649. The first kappa shape index (κ1) is 15.8. The third-order valence-electron chi connectivity index (χ3n) is 3.43. The van der Waals surface area contributed by atoms with Crippen LogP contribution in [-0.2, 0) is 9.53 Å². The van der Waals surface area contributed by atoms with Crippen LogP contribution in [0.25, 0.3) is 5.57 Å². The minimum absolute atomic E-state index is 0.0256. The van der Waals surface area contributed by atoms with Crippen molar-refractivity contribution >= 4 is 17.2 Å². The van der Waals surface area contributed by atoms with E-state index in [9.17, 15) is 14.9 Å². The van der Waals surface area contributed by atoms with E-state index in [1.54, 1.807) is 37.4 Å². The van der Waals surface area contributed by atoms with Crippen LogP contribution in [0.3, 0.4) is 0 Å². The van der Waals surface area contributed by atoms with E-state index in [4.69, 9.17) is 4.74 Å². The highest BCUT2D eigenvalue weighted by Gasteiger charge is 2.25. The Kier molecular flexibility index (Phi) is 4.93. The molecule has 0 spiro atoms. The van der Waals surface area contributed by atoms with E-state index >= 15 is 0 Å². The van der Waals surface area contributed by atoms with Gasteiger partial charge >= 0.3 is 5.97 Å². The fraction of sp³-hybridized carbons (Fsp3) is 0.312. The van der Waals surface area contributed by atoms with Gasteiger partial charge in [0.05, 0.1) is 17.1 Å². The van der Waals surface area contributed by atoms with Crippen molar-refractivity contribution in [3.8, 4) is 0 Å². The number of benzene rings is 1. The van der Waals surface area contributed by atoms with Gasteiger partial charge in [0.1, 0.15) is 6.04 Å². The second-order valence-electron chi connectivity index (χ2n) is 4.77. The molecule has 0 bridgehead atoms. The minimum atomic E-state index is -0.634. The van der Waals surface area contributed by atoms with E-state index in [1.807, 2.05) is 6.92 Å². The van der Waals surface area contributed by atoms with Crippen LogP contribution >= 0.6 is 0 Å². The summed E-state index contributed by atoms with van der Waals surface area (Å²) in [7, 11) is 0. The first-order valence-electron chi connectivity index (χ1n) is 7.16. The summed E-state index contributed by atoms with van der Waals surface area (Å²) in [6.07, 6.45) is 4.12. The van der Waals surface area contributed by atoms with Crippen LogP contribution in [0.4, 0.5) is 5.69 Å². The smallest absolute Gasteiger partial charge is 0.332 e. The Hall–Kier alpha value is -2.63. The number of allylic oxidation sites excluding steroid dienone is 2. The number of nitrogens with one attached hydrogen (secondary N) is 1. The maximum absolute atomic E-state index is 11.9. The summed E-state index contributed by atoms with van der Waals surface area (Å²) in [6.45, 7) is 3.98. The van der Waals surface area contributed by atoms with Gasteiger partial charge in [-0.2, -0.15) is 0 Å². The Morgan fingerprint density at radius 1 is 1.36 bits per heavy atom.